The molecule has 0 saturated carbocycles. The van der Waals surface area contributed by atoms with Gasteiger partial charge in [0.05, 0.1) is 32.1 Å². The van der Waals surface area contributed by atoms with Crippen molar-refractivity contribution in [2.45, 2.75) is 13.1 Å². The second kappa shape index (κ2) is 12.2. The molecule has 5 rings (SSSR count). The van der Waals surface area contributed by atoms with E-state index in [9.17, 15) is 18.8 Å². The Morgan fingerprint density at radius 2 is 1.74 bits per heavy atom. The zero-order chi connectivity index (χ0) is 30.7. The number of amides is 2. The molecular weight excluding hydrogens is 561 g/mol. The molecule has 0 unspecified atom stereocenters. The summed E-state index contributed by atoms with van der Waals surface area (Å²) in [5.41, 5.74) is 2.52. The number of anilines is 1. The number of halogens is 1. The van der Waals surface area contributed by atoms with Crippen LogP contribution in [0.5, 0.6) is 5.88 Å². The largest absolute Gasteiger partial charge is 0.480 e. The van der Waals surface area contributed by atoms with Crippen molar-refractivity contribution in [3.05, 3.63) is 98.6 Å². The minimum atomic E-state index is -0.773. The van der Waals surface area contributed by atoms with Gasteiger partial charge in [0.2, 0.25) is 5.88 Å². The Labute approximate surface area is 243 Å². The molecule has 15 heteroatoms. The van der Waals surface area contributed by atoms with Crippen molar-refractivity contribution in [2.75, 3.05) is 33.6 Å². The van der Waals surface area contributed by atoms with E-state index in [2.05, 4.69) is 25.8 Å². The van der Waals surface area contributed by atoms with E-state index >= 15 is 0 Å². The molecule has 0 spiro atoms. The molecule has 2 amide bonds. The number of nitrogens with one attached hydrogen (secondary N) is 2. The fourth-order valence-electron chi connectivity index (χ4n) is 4.54. The third-order valence-corrected chi connectivity index (χ3v) is 6.44. The Hall–Kier alpha value is -5.41. The summed E-state index contributed by atoms with van der Waals surface area (Å²) < 4.78 is 23.5. The van der Waals surface area contributed by atoms with Gasteiger partial charge in [0.1, 0.15) is 11.2 Å². The van der Waals surface area contributed by atoms with E-state index in [0.29, 0.717) is 17.1 Å². The molecule has 0 atom stereocenters. The molecule has 3 heterocycles. The highest BCUT2D eigenvalue weighted by atomic mass is 19.1. The van der Waals surface area contributed by atoms with Gasteiger partial charge in [-0.1, -0.05) is 18.2 Å². The van der Waals surface area contributed by atoms with E-state index in [1.54, 1.807) is 47.1 Å². The third-order valence-electron chi connectivity index (χ3n) is 6.44. The van der Waals surface area contributed by atoms with Crippen molar-refractivity contribution in [3.63, 3.8) is 0 Å². The number of fused-ring (bicyclic) bond motifs is 1. The second-order valence-electron chi connectivity index (χ2n) is 9.64. The number of carbonyl (C=O) groups is 1. The van der Waals surface area contributed by atoms with Gasteiger partial charge >= 0.3 is 11.7 Å². The monoisotopic (exact) mass is 589 g/mol. The third kappa shape index (κ3) is 5.84. The molecule has 2 aromatic carbocycles. The smallest absolute Gasteiger partial charge is 0.343 e. The first-order valence-electron chi connectivity index (χ1n) is 13.0. The summed E-state index contributed by atoms with van der Waals surface area (Å²) in [6, 6.07) is 15.1. The summed E-state index contributed by atoms with van der Waals surface area (Å²) in [4.78, 5) is 46.3. The minimum absolute atomic E-state index is 0.0340. The number of methoxy groups -OCH3 is 1. The first kappa shape index (κ1) is 29.1. The van der Waals surface area contributed by atoms with Crippen molar-refractivity contribution in [1.82, 2.24) is 39.5 Å². The van der Waals surface area contributed by atoms with Gasteiger partial charge in [0, 0.05) is 23.9 Å². The fraction of sp³-hybridized carbons (Fsp3) is 0.214. The molecule has 0 aliphatic carbocycles. The zero-order valence-corrected chi connectivity index (χ0v) is 23.7. The minimum Gasteiger partial charge on any atom is -0.480 e. The standard InChI is InChI=1S/C28H28FN9O5/c1-35(2)16-21-24-25(33-38(21)19-11-9-18(10-12-19)30-27(40)34-43-4)36(15-17-7-5-6-8-20(17)29)28(41)37(26(24)39)22-13-14-23(42-3)32-31-22/h5-14H,15-16H2,1-4H3,(H2,30,34,40). The van der Waals surface area contributed by atoms with E-state index in [1.807, 2.05) is 19.0 Å². The van der Waals surface area contributed by atoms with Gasteiger partial charge in [-0.15, -0.1) is 15.3 Å². The first-order chi connectivity index (χ1) is 20.7. The molecule has 0 bridgehead atoms. The Balaban J connectivity index is 1.77. The molecule has 0 aliphatic rings. The SMILES string of the molecule is CONC(=O)Nc1ccc(-n2nc3c(c2CN(C)C)c(=O)n(-c2ccc(OC)nn2)c(=O)n3Cc2ccccc2F)cc1. The van der Waals surface area contributed by atoms with Crippen molar-refractivity contribution in [1.29, 1.82) is 0 Å². The van der Waals surface area contributed by atoms with Crippen LogP contribution in [0, 0.1) is 5.82 Å². The topological polar surface area (TPSA) is 150 Å². The van der Waals surface area contributed by atoms with Crippen LogP contribution in [0.4, 0.5) is 14.9 Å². The number of aromatic nitrogens is 6. The lowest BCUT2D eigenvalue weighted by Gasteiger charge is -2.14. The molecule has 2 N–H and O–H groups in total. The van der Waals surface area contributed by atoms with E-state index in [-0.39, 0.29) is 41.4 Å². The molecule has 222 valence electrons. The van der Waals surface area contributed by atoms with Gasteiger partial charge < -0.3 is 15.0 Å². The summed E-state index contributed by atoms with van der Waals surface area (Å²) in [6.45, 7) is 0.0515. The van der Waals surface area contributed by atoms with Crippen LogP contribution in [0.2, 0.25) is 0 Å². The predicted molar refractivity (Wildman–Crippen MR) is 155 cm³/mol. The van der Waals surface area contributed by atoms with Crippen molar-refractivity contribution < 1.29 is 18.8 Å². The average Bonchev–Trinajstić information content (AvgIpc) is 3.35. The summed E-state index contributed by atoms with van der Waals surface area (Å²) >= 11 is 0. The lowest BCUT2D eigenvalue weighted by molar-refractivity contribution is 0.114. The number of hydrogen-bond donors (Lipinski definition) is 2. The number of hydrogen-bond acceptors (Lipinski definition) is 9. The molecule has 14 nitrogen and oxygen atoms in total. The summed E-state index contributed by atoms with van der Waals surface area (Å²) in [5, 5.41) is 15.4. The molecule has 0 aliphatic heterocycles. The summed E-state index contributed by atoms with van der Waals surface area (Å²) in [5.74, 6) is -0.352. The number of nitrogens with zero attached hydrogens (tertiary/aromatic N) is 7. The van der Waals surface area contributed by atoms with E-state index in [4.69, 9.17) is 9.84 Å². The van der Waals surface area contributed by atoms with Crippen LogP contribution in [0.1, 0.15) is 11.3 Å². The number of urea groups is 1. The Morgan fingerprint density at radius 3 is 2.37 bits per heavy atom. The first-order valence-corrected chi connectivity index (χ1v) is 13.0. The molecule has 3 aromatic heterocycles. The molecule has 0 saturated heterocycles. The highest BCUT2D eigenvalue weighted by Gasteiger charge is 2.25. The fourth-order valence-corrected chi connectivity index (χ4v) is 4.54. The van der Waals surface area contributed by atoms with E-state index in [1.165, 1.54) is 37.0 Å². The average molecular weight is 590 g/mol. The number of carbonyl (C=O) groups excluding carboxylic acids is 1. The number of ether oxygens (including phenoxy) is 1. The van der Waals surface area contributed by atoms with Crippen LogP contribution >= 0.6 is 0 Å². The number of rotatable bonds is 9. The van der Waals surface area contributed by atoms with Gasteiger partial charge in [-0.25, -0.2) is 28.7 Å². The Morgan fingerprint density at radius 1 is 1.00 bits per heavy atom. The molecule has 43 heavy (non-hydrogen) atoms. The maximum atomic E-state index is 14.8. The quantitative estimate of drug-likeness (QED) is 0.246. The van der Waals surface area contributed by atoms with Gasteiger partial charge in [0.15, 0.2) is 11.5 Å². The van der Waals surface area contributed by atoms with Crippen LogP contribution in [-0.4, -0.2) is 68.4 Å². The summed E-state index contributed by atoms with van der Waals surface area (Å²) in [6.07, 6.45) is 0. The number of benzene rings is 2. The van der Waals surface area contributed by atoms with Gasteiger partial charge in [-0.3, -0.25) is 14.2 Å². The van der Waals surface area contributed by atoms with Crippen LogP contribution in [-0.2, 0) is 17.9 Å². The predicted octanol–water partition coefficient (Wildman–Crippen LogP) is 2.07. The van der Waals surface area contributed by atoms with Crippen LogP contribution in [0.3, 0.4) is 0 Å². The summed E-state index contributed by atoms with van der Waals surface area (Å²) in [7, 11) is 6.39. The Kier molecular flexibility index (Phi) is 8.27. The lowest BCUT2D eigenvalue weighted by Crippen LogP contribution is -2.40. The highest BCUT2D eigenvalue weighted by molar-refractivity contribution is 5.88. The highest BCUT2D eigenvalue weighted by Crippen LogP contribution is 2.23. The van der Waals surface area contributed by atoms with E-state index < -0.39 is 23.1 Å². The Bertz CT molecular complexity index is 1900. The zero-order valence-electron chi connectivity index (χ0n) is 23.7. The van der Waals surface area contributed by atoms with Crippen LogP contribution in [0.15, 0.2) is 70.3 Å². The normalized spacial score (nSPS) is 11.2. The molecule has 5 aromatic rings. The van der Waals surface area contributed by atoms with E-state index in [0.717, 1.165) is 4.57 Å². The van der Waals surface area contributed by atoms with Crippen LogP contribution in [0.25, 0.3) is 22.5 Å². The second-order valence-corrected chi connectivity index (χ2v) is 9.64. The van der Waals surface area contributed by atoms with Gasteiger partial charge in [-0.2, -0.15) is 0 Å². The van der Waals surface area contributed by atoms with Crippen molar-refractivity contribution in [2.24, 2.45) is 0 Å². The number of hydroxylamine groups is 1. The lowest BCUT2D eigenvalue weighted by atomic mass is 10.2. The maximum Gasteiger partial charge on any atom is 0.343 e. The molecule has 0 fully saturated rings. The van der Waals surface area contributed by atoms with Gasteiger partial charge in [-0.05, 0) is 50.5 Å². The van der Waals surface area contributed by atoms with Crippen molar-refractivity contribution in [3.8, 4) is 17.4 Å². The molecular formula is C28H28FN9O5. The molecule has 0 radical (unpaired) electrons. The maximum absolute atomic E-state index is 14.8. The van der Waals surface area contributed by atoms with Crippen molar-refractivity contribution >= 4 is 22.8 Å². The van der Waals surface area contributed by atoms with Crippen LogP contribution < -0.4 is 26.8 Å². The van der Waals surface area contributed by atoms with Gasteiger partial charge in [0.25, 0.3) is 5.56 Å².